The second-order valence-corrected chi connectivity index (χ2v) is 4.97. The Labute approximate surface area is 96.0 Å². The maximum atomic E-state index is 9.19. The molecule has 0 spiro atoms. The fraction of sp³-hybridized carbons (Fsp3) is 0.429. The lowest BCUT2D eigenvalue weighted by atomic mass is 9.93. The largest absolute Gasteiger partial charge is 0.508 e. The highest BCUT2D eigenvalue weighted by molar-refractivity contribution is 5.46. The van der Waals surface area contributed by atoms with Crippen LogP contribution in [0.25, 0.3) is 0 Å². The first-order chi connectivity index (χ1) is 7.81. The van der Waals surface area contributed by atoms with Gasteiger partial charge in [-0.25, -0.2) is 0 Å². The van der Waals surface area contributed by atoms with Gasteiger partial charge in [0.2, 0.25) is 0 Å². The number of allylic oxidation sites excluding steroid dienone is 2. The SMILES string of the molecule is Oc1ccc(NCC2CC3C=CC2C3)cc1. The zero-order valence-corrected chi connectivity index (χ0v) is 9.26. The van der Waals surface area contributed by atoms with Crippen LogP contribution in [0, 0.1) is 17.8 Å². The molecule has 2 heteroatoms. The summed E-state index contributed by atoms with van der Waals surface area (Å²) in [4.78, 5) is 0. The lowest BCUT2D eigenvalue weighted by molar-refractivity contribution is 0.471. The number of anilines is 1. The lowest BCUT2D eigenvalue weighted by Crippen LogP contribution is -2.18. The van der Waals surface area contributed by atoms with E-state index >= 15 is 0 Å². The molecule has 2 N–H and O–H groups in total. The van der Waals surface area contributed by atoms with Gasteiger partial charge in [0.15, 0.2) is 0 Å². The van der Waals surface area contributed by atoms with Crippen molar-refractivity contribution < 1.29 is 5.11 Å². The molecule has 0 amide bonds. The zero-order chi connectivity index (χ0) is 11.0. The van der Waals surface area contributed by atoms with Crippen LogP contribution >= 0.6 is 0 Å². The van der Waals surface area contributed by atoms with E-state index in [1.54, 1.807) is 12.1 Å². The van der Waals surface area contributed by atoms with Gasteiger partial charge in [-0.1, -0.05) is 12.2 Å². The first-order valence-corrected chi connectivity index (χ1v) is 6.02. The van der Waals surface area contributed by atoms with Gasteiger partial charge in [-0.05, 0) is 54.9 Å². The smallest absolute Gasteiger partial charge is 0.115 e. The van der Waals surface area contributed by atoms with E-state index in [1.807, 2.05) is 12.1 Å². The number of hydrogen-bond donors (Lipinski definition) is 2. The zero-order valence-electron chi connectivity index (χ0n) is 9.26. The van der Waals surface area contributed by atoms with Crippen LogP contribution in [0.1, 0.15) is 12.8 Å². The van der Waals surface area contributed by atoms with Crippen molar-refractivity contribution in [2.45, 2.75) is 12.8 Å². The molecule has 0 radical (unpaired) electrons. The summed E-state index contributed by atoms with van der Waals surface area (Å²) >= 11 is 0. The number of rotatable bonds is 3. The van der Waals surface area contributed by atoms with Crippen molar-refractivity contribution in [1.29, 1.82) is 0 Å². The summed E-state index contributed by atoms with van der Waals surface area (Å²) in [7, 11) is 0. The number of fused-ring (bicyclic) bond motifs is 2. The Kier molecular flexibility index (Phi) is 2.35. The van der Waals surface area contributed by atoms with Gasteiger partial charge in [-0.3, -0.25) is 0 Å². The fourth-order valence-corrected chi connectivity index (χ4v) is 2.96. The van der Waals surface area contributed by atoms with Gasteiger partial charge < -0.3 is 10.4 Å². The molecular weight excluding hydrogens is 198 g/mol. The maximum absolute atomic E-state index is 9.19. The summed E-state index contributed by atoms with van der Waals surface area (Å²) in [5.41, 5.74) is 1.10. The molecule has 1 fully saturated rings. The molecule has 3 atom stereocenters. The second-order valence-electron chi connectivity index (χ2n) is 4.97. The van der Waals surface area contributed by atoms with Gasteiger partial charge in [-0.2, -0.15) is 0 Å². The van der Waals surface area contributed by atoms with Crippen LogP contribution in [0.15, 0.2) is 36.4 Å². The normalized spacial score (nSPS) is 30.9. The highest BCUT2D eigenvalue weighted by Gasteiger charge is 2.35. The molecule has 0 aliphatic heterocycles. The van der Waals surface area contributed by atoms with E-state index in [2.05, 4.69) is 17.5 Å². The number of benzene rings is 1. The quantitative estimate of drug-likeness (QED) is 0.600. The minimum absolute atomic E-state index is 0.327. The topological polar surface area (TPSA) is 32.3 Å². The first-order valence-electron chi connectivity index (χ1n) is 6.02. The molecule has 1 aromatic rings. The van der Waals surface area contributed by atoms with Gasteiger partial charge in [0.1, 0.15) is 5.75 Å². The van der Waals surface area contributed by atoms with Crippen LogP contribution < -0.4 is 5.32 Å². The molecule has 3 unspecified atom stereocenters. The summed E-state index contributed by atoms with van der Waals surface area (Å²) in [5, 5.41) is 12.6. The van der Waals surface area contributed by atoms with E-state index in [1.165, 1.54) is 12.8 Å². The van der Waals surface area contributed by atoms with Gasteiger partial charge in [0.25, 0.3) is 0 Å². The summed E-state index contributed by atoms with van der Waals surface area (Å²) in [6.45, 7) is 1.05. The van der Waals surface area contributed by atoms with Crippen molar-refractivity contribution in [2.75, 3.05) is 11.9 Å². The molecule has 2 nitrogen and oxygen atoms in total. The molecule has 0 aromatic heterocycles. The van der Waals surface area contributed by atoms with Crippen molar-refractivity contribution >= 4 is 5.69 Å². The predicted octanol–water partition coefficient (Wildman–Crippen LogP) is 3.02. The predicted molar refractivity (Wildman–Crippen MR) is 65.4 cm³/mol. The van der Waals surface area contributed by atoms with Crippen molar-refractivity contribution in [1.82, 2.24) is 0 Å². The number of phenolic OH excluding ortho intramolecular Hbond substituents is 1. The third-order valence-corrected chi connectivity index (χ3v) is 3.85. The van der Waals surface area contributed by atoms with Gasteiger partial charge in [-0.15, -0.1) is 0 Å². The highest BCUT2D eigenvalue weighted by Crippen LogP contribution is 2.43. The maximum Gasteiger partial charge on any atom is 0.115 e. The average molecular weight is 215 g/mol. The Morgan fingerprint density at radius 3 is 2.56 bits per heavy atom. The van der Waals surface area contributed by atoms with Crippen molar-refractivity contribution in [2.24, 2.45) is 17.8 Å². The molecular formula is C14H17NO. The number of nitrogens with one attached hydrogen (secondary N) is 1. The Balaban J connectivity index is 1.57. The van der Waals surface area contributed by atoms with Crippen molar-refractivity contribution in [3.63, 3.8) is 0 Å². The van der Waals surface area contributed by atoms with Crippen LogP contribution in [0.2, 0.25) is 0 Å². The molecule has 2 aliphatic carbocycles. The van der Waals surface area contributed by atoms with Crippen LogP contribution in [-0.4, -0.2) is 11.7 Å². The van der Waals surface area contributed by atoms with Gasteiger partial charge >= 0.3 is 0 Å². The number of aromatic hydroxyl groups is 1. The van der Waals surface area contributed by atoms with E-state index in [9.17, 15) is 5.11 Å². The summed E-state index contributed by atoms with van der Waals surface area (Å²) in [5.74, 6) is 2.77. The molecule has 1 aromatic carbocycles. The van der Waals surface area contributed by atoms with Crippen LogP contribution in [0.4, 0.5) is 5.69 Å². The lowest BCUT2D eigenvalue weighted by Gasteiger charge is -2.19. The molecule has 16 heavy (non-hydrogen) atoms. The molecule has 2 bridgehead atoms. The second kappa shape index (κ2) is 3.85. The summed E-state index contributed by atoms with van der Waals surface area (Å²) in [6, 6.07) is 7.31. The Morgan fingerprint density at radius 2 is 1.94 bits per heavy atom. The van der Waals surface area contributed by atoms with Crippen molar-refractivity contribution in [3.05, 3.63) is 36.4 Å². The van der Waals surface area contributed by atoms with E-state index in [0.29, 0.717) is 5.75 Å². The van der Waals surface area contributed by atoms with E-state index in [-0.39, 0.29) is 0 Å². The Morgan fingerprint density at radius 1 is 1.12 bits per heavy atom. The minimum Gasteiger partial charge on any atom is -0.508 e. The average Bonchev–Trinajstić information content (AvgIpc) is 2.90. The van der Waals surface area contributed by atoms with E-state index in [0.717, 1.165) is 30.0 Å². The van der Waals surface area contributed by atoms with Crippen LogP contribution in [-0.2, 0) is 0 Å². The van der Waals surface area contributed by atoms with Crippen LogP contribution in [0.5, 0.6) is 5.75 Å². The highest BCUT2D eigenvalue weighted by atomic mass is 16.3. The minimum atomic E-state index is 0.327. The summed E-state index contributed by atoms with van der Waals surface area (Å²) in [6.07, 6.45) is 7.47. The van der Waals surface area contributed by atoms with Crippen molar-refractivity contribution in [3.8, 4) is 5.75 Å². The fourth-order valence-electron chi connectivity index (χ4n) is 2.96. The third kappa shape index (κ3) is 1.80. The first kappa shape index (κ1) is 9.76. The standard InChI is InChI=1S/C14H17NO/c16-14-5-3-13(4-6-14)15-9-12-8-10-1-2-11(12)7-10/h1-6,10-12,15-16H,7-9H2. The monoisotopic (exact) mass is 215 g/mol. The van der Waals surface area contributed by atoms with E-state index < -0.39 is 0 Å². The molecule has 0 saturated heterocycles. The summed E-state index contributed by atoms with van der Waals surface area (Å²) < 4.78 is 0. The van der Waals surface area contributed by atoms with Crippen LogP contribution in [0.3, 0.4) is 0 Å². The van der Waals surface area contributed by atoms with Gasteiger partial charge in [0.05, 0.1) is 0 Å². The third-order valence-electron chi connectivity index (χ3n) is 3.85. The van der Waals surface area contributed by atoms with Gasteiger partial charge in [0, 0.05) is 12.2 Å². The Bertz CT molecular complexity index is 396. The molecule has 3 rings (SSSR count). The Hall–Kier alpha value is -1.44. The van der Waals surface area contributed by atoms with E-state index in [4.69, 9.17) is 0 Å². The molecule has 1 saturated carbocycles. The molecule has 0 heterocycles. The number of hydrogen-bond acceptors (Lipinski definition) is 2. The number of phenols is 1. The molecule has 84 valence electrons. The molecule has 2 aliphatic rings.